The summed E-state index contributed by atoms with van der Waals surface area (Å²) in [6.45, 7) is 3.83. The number of benzene rings is 1. The van der Waals surface area contributed by atoms with Crippen molar-refractivity contribution in [2.45, 2.75) is 13.8 Å². The molecule has 112 valence electrons. The van der Waals surface area contributed by atoms with E-state index < -0.39 is 5.97 Å². The molecule has 0 aliphatic rings. The summed E-state index contributed by atoms with van der Waals surface area (Å²) < 4.78 is 4.89. The van der Waals surface area contributed by atoms with E-state index in [0.29, 0.717) is 10.2 Å². The first-order valence-corrected chi connectivity index (χ1v) is 7.69. The number of thiophene rings is 1. The second kappa shape index (κ2) is 5.73. The summed E-state index contributed by atoms with van der Waals surface area (Å²) >= 11 is 1.40. The Morgan fingerprint density at radius 3 is 2.73 bits per heavy atom. The Morgan fingerprint density at radius 1 is 1.32 bits per heavy atom. The average molecular weight is 314 g/mol. The van der Waals surface area contributed by atoms with Gasteiger partial charge in [0.2, 0.25) is 5.82 Å². The van der Waals surface area contributed by atoms with Crippen LogP contribution in [0.15, 0.2) is 35.1 Å². The maximum atomic E-state index is 12.3. The highest BCUT2D eigenvalue weighted by Crippen LogP contribution is 2.35. The van der Waals surface area contributed by atoms with E-state index in [-0.39, 0.29) is 18.0 Å². The highest BCUT2D eigenvalue weighted by Gasteiger charge is 2.18. The summed E-state index contributed by atoms with van der Waals surface area (Å²) in [5.74, 6) is -0.672. The molecule has 22 heavy (non-hydrogen) atoms. The summed E-state index contributed by atoms with van der Waals surface area (Å²) in [6, 6.07) is 9.80. The second-order valence-corrected chi connectivity index (χ2v) is 5.74. The third kappa shape index (κ3) is 2.42. The van der Waals surface area contributed by atoms with Crippen LogP contribution in [-0.4, -0.2) is 22.5 Å². The van der Waals surface area contributed by atoms with E-state index in [1.165, 1.54) is 11.3 Å². The summed E-state index contributed by atoms with van der Waals surface area (Å²) in [6.07, 6.45) is 0. The first-order chi connectivity index (χ1) is 10.6. The molecule has 0 unspecified atom stereocenters. The van der Waals surface area contributed by atoms with Crippen molar-refractivity contribution in [3.8, 4) is 10.4 Å². The number of aromatic amines is 1. The first kappa shape index (κ1) is 14.5. The third-order valence-corrected chi connectivity index (χ3v) is 4.54. The smallest absolute Gasteiger partial charge is 0.374 e. The molecule has 0 aliphatic heterocycles. The van der Waals surface area contributed by atoms with Crippen molar-refractivity contribution in [2.75, 3.05) is 6.61 Å². The van der Waals surface area contributed by atoms with Gasteiger partial charge in [0.05, 0.1) is 12.0 Å². The van der Waals surface area contributed by atoms with Crippen LogP contribution in [0, 0.1) is 6.92 Å². The molecule has 0 saturated heterocycles. The molecule has 1 aromatic carbocycles. The van der Waals surface area contributed by atoms with Gasteiger partial charge in [0.25, 0.3) is 5.56 Å². The molecule has 5 nitrogen and oxygen atoms in total. The largest absolute Gasteiger partial charge is 0.460 e. The number of nitrogens with zero attached hydrogens (tertiary/aromatic N) is 1. The number of aromatic nitrogens is 2. The fraction of sp³-hybridized carbons (Fsp3) is 0.188. The van der Waals surface area contributed by atoms with E-state index in [0.717, 1.165) is 16.0 Å². The SMILES string of the molecule is CCOC(=O)c1nc2sc(-c3ccccc3)c(C)c2c(=O)[nH]1. The van der Waals surface area contributed by atoms with Crippen LogP contribution in [0.4, 0.5) is 0 Å². The molecule has 1 N–H and O–H groups in total. The lowest BCUT2D eigenvalue weighted by atomic mass is 10.1. The topological polar surface area (TPSA) is 72.0 Å². The van der Waals surface area contributed by atoms with Crippen LogP contribution >= 0.6 is 11.3 Å². The van der Waals surface area contributed by atoms with Gasteiger partial charge in [-0.25, -0.2) is 9.78 Å². The van der Waals surface area contributed by atoms with Crippen LogP contribution in [0.2, 0.25) is 0 Å². The summed E-state index contributed by atoms with van der Waals surface area (Å²) in [5, 5.41) is 0.525. The van der Waals surface area contributed by atoms with E-state index >= 15 is 0 Å². The zero-order chi connectivity index (χ0) is 15.7. The Labute approximate surface area is 130 Å². The number of esters is 1. The number of hydrogen-bond acceptors (Lipinski definition) is 5. The predicted octanol–water partition coefficient (Wildman–Crippen LogP) is 3.14. The van der Waals surface area contributed by atoms with Gasteiger partial charge in [-0.2, -0.15) is 0 Å². The monoisotopic (exact) mass is 314 g/mol. The highest BCUT2D eigenvalue weighted by atomic mass is 32.1. The molecule has 0 fully saturated rings. The van der Waals surface area contributed by atoms with Gasteiger partial charge in [0, 0.05) is 4.88 Å². The predicted molar refractivity (Wildman–Crippen MR) is 86.4 cm³/mol. The standard InChI is InChI=1S/C16H14N2O3S/c1-3-21-16(20)13-17-14(19)11-9(2)12(22-15(11)18-13)10-7-5-4-6-8-10/h4-8H,3H2,1-2H3,(H,17,18,19). The number of carbonyl (C=O) groups is 1. The highest BCUT2D eigenvalue weighted by molar-refractivity contribution is 7.22. The maximum Gasteiger partial charge on any atom is 0.374 e. The van der Waals surface area contributed by atoms with E-state index in [1.54, 1.807) is 6.92 Å². The Hall–Kier alpha value is -2.47. The number of hydrogen-bond donors (Lipinski definition) is 1. The van der Waals surface area contributed by atoms with Crippen LogP contribution in [0.1, 0.15) is 23.1 Å². The maximum absolute atomic E-state index is 12.3. The molecule has 0 radical (unpaired) electrons. The summed E-state index contributed by atoms with van der Waals surface area (Å²) in [5.41, 5.74) is 1.58. The van der Waals surface area contributed by atoms with Gasteiger partial charge in [-0.15, -0.1) is 11.3 Å². The zero-order valence-corrected chi connectivity index (χ0v) is 13.0. The Bertz CT molecular complexity index is 897. The number of H-pyrrole nitrogens is 1. The van der Waals surface area contributed by atoms with Gasteiger partial charge in [-0.05, 0) is 25.0 Å². The average Bonchev–Trinajstić information content (AvgIpc) is 2.86. The van der Waals surface area contributed by atoms with Gasteiger partial charge < -0.3 is 9.72 Å². The molecule has 2 heterocycles. The van der Waals surface area contributed by atoms with E-state index in [1.807, 2.05) is 37.3 Å². The number of carbonyl (C=O) groups excluding carboxylic acids is 1. The first-order valence-electron chi connectivity index (χ1n) is 6.87. The van der Waals surface area contributed by atoms with Crippen molar-refractivity contribution in [1.82, 2.24) is 9.97 Å². The fourth-order valence-electron chi connectivity index (χ4n) is 2.30. The van der Waals surface area contributed by atoms with Crippen LogP contribution in [-0.2, 0) is 4.74 Å². The van der Waals surface area contributed by atoms with Crippen molar-refractivity contribution in [3.05, 3.63) is 52.1 Å². The quantitative estimate of drug-likeness (QED) is 0.754. The van der Waals surface area contributed by atoms with Crippen molar-refractivity contribution >= 4 is 27.5 Å². The lowest BCUT2D eigenvalue weighted by Gasteiger charge is -2.00. The van der Waals surface area contributed by atoms with Gasteiger partial charge >= 0.3 is 5.97 Å². The minimum Gasteiger partial charge on any atom is -0.460 e. The molecule has 0 spiro atoms. The number of fused-ring (bicyclic) bond motifs is 1. The van der Waals surface area contributed by atoms with Crippen LogP contribution in [0.25, 0.3) is 20.7 Å². The Balaban J connectivity index is 2.20. The van der Waals surface area contributed by atoms with E-state index in [9.17, 15) is 9.59 Å². The van der Waals surface area contributed by atoms with Crippen molar-refractivity contribution < 1.29 is 9.53 Å². The summed E-state index contributed by atoms with van der Waals surface area (Å²) in [4.78, 5) is 32.3. The molecular formula is C16H14N2O3S. The van der Waals surface area contributed by atoms with Gasteiger partial charge in [-0.3, -0.25) is 4.79 Å². The van der Waals surface area contributed by atoms with Gasteiger partial charge in [-0.1, -0.05) is 30.3 Å². The van der Waals surface area contributed by atoms with Crippen molar-refractivity contribution in [1.29, 1.82) is 0 Å². The fourth-order valence-corrected chi connectivity index (χ4v) is 3.49. The molecule has 0 bridgehead atoms. The lowest BCUT2D eigenvalue weighted by Crippen LogP contribution is -2.17. The second-order valence-electron chi connectivity index (χ2n) is 4.74. The molecule has 6 heteroatoms. The van der Waals surface area contributed by atoms with Gasteiger partial charge in [0.15, 0.2) is 0 Å². The number of ether oxygens (including phenoxy) is 1. The van der Waals surface area contributed by atoms with Crippen LogP contribution < -0.4 is 5.56 Å². The zero-order valence-electron chi connectivity index (χ0n) is 12.2. The van der Waals surface area contributed by atoms with Crippen molar-refractivity contribution in [2.24, 2.45) is 0 Å². The third-order valence-electron chi connectivity index (χ3n) is 3.31. The lowest BCUT2D eigenvalue weighted by molar-refractivity contribution is 0.0512. The minimum atomic E-state index is -0.617. The van der Waals surface area contributed by atoms with Crippen LogP contribution in [0.3, 0.4) is 0 Å². The number of nitrogens with one attached hydrogen (secondary N) is 1. The number of rotatable bonds is 3. The Kier molecular flexibility index (Phi) is 3.77. The molecule has 0 saturated carbocycles. The minimum absolute atomic E-state index is 0.0554. The molecule has 3 rings (SSSR count). The van der Waals surface area contributed by atoms with Crippen LogP contribution in [0.5, 0.6) is 0 Å². The van der Waals surface area contributed by atoms with E-state index in [4.69, 9.17) is 4.74 Å². The molecule has 0 aliphatic carbocycles. The molecule has 2 aromatic heterocycles. The molecule has 0 atom stereocenters. The Morgan fingerprint density at radius 2 is 2.05 bits per heavy atom. The summed E-state index contributed by atoms with van der Waals surface area (Å²) in [7, 11) is 0. The van der Waals surface area contributed by atoms with E-state index in [2.05, 4.69) is 9.97 Å². The van der Waals surface area contributed by atoms with Crippen molar-refractivity contribution in [3.63, 3.8) is 0 Å². The van der Waals surface area contributed by atoms with Gasteiger partial charge in [0.1, 0.15) is 4.83 Å². The molecule has 0 amide bonds. The molecular weight excluding hydrogens is 300 g/mol. The number of aryl methyl sites for hydroxylation is 1. The molecule has 3 aromatic rings. The normalized spacial score (nSPS) is 10.8.